The highest BCUT2D eigenvalue weighted by Crippen LogP contribution is 2.33. The van der Waals surface area contributed by atoms with Crippen LogP contribution in [0.2, 0.25) is 0 Å². The molecular weight excluding hydrogens is 396 g/mol. The van der Waals surface area contributed by atoms with Crippen LogP contribution in [0.4, 0.5) is 0 Å². The number of ether oxygens (including phenoxy) is 3. The van der Waals surface area contributed by atoms with Crippen molar-refractivity contribution < 1.29 is 19.0 Å². The molecule has 5 rings (SSSR count). The number of aromatic nitrogens is 2. The Hall–Kier alpha value is -3.10. The second kappa shape index (κ2) is 8.56. The molecule has 162 valence electrons. The van der Waals surface area contributed by atoms with Crippen molar-refractivity contribution in [1.82, 2.24) is 19.4 Å². The molecule has 0 aliphatic carbocycles. The van der Waals surface area contributed by atoms with Gasteiger partial charge in [-0.15, -0.1) is 0 Å². The number of carbonyl (C=O) groups excluding carboxylic acids is 1. The zero-order chi connectivity index (χ0) is 21.2. The number of aryl methyl sites for hydroxylation is 1. The average molecular weight is 422 g/mol. The summed E-state index contributed by atoms with van der Waals surface area (Å²) < 4.78 is 18.4. The van der Waals surface area contributed by atoms with Crippen LogP contribution in [0.5, 0.6) is 11.5 Å². The van der Waals surface area contributed by atoms with Crippen LogP contribution in [0.1, 0.15) is 16.2 Å². The van der Waals surface area contributed by atoms with E-state index in [1.807, 2.05) is 36.2 Å². The van der Waals surface area contributed by atoms with Gasteiger partial charge in [0.25, 0.3) is 5.91 Å². The summed E-state index contributed by atoms with van der Waals surface area (Å²) in [6.07, 6.45) is 0. The number of amides is 1. The fourth-order valence-corrected chi connectivity index (χ4v) is 4.06. The number of carbonyl (C=O) groups is 1. The van der Waals surface area contributed by atoms with Gasteiger partial charge in [0.05, 0.1) is 30.8 Å². The van der Waals surface area contributed by atoms with Crippen LogP contribution in [-0.4, -0.2) is 71.4 Å². The Kier molecular flexibility index (Phi) is 5.48. The van der Waals surface area contributed by atoms with Crippen LogP contribution < -0.4 is 9.47 Å². The number of morpholine rings is 1. The van der Waals surface area contributed by atoms with E-state index in [1.54, 1.807) is 18.2 Å². The van der Waals surface area contributed by atoms with Gasteiger partial charge in [-0.3, -0.25) is 9.69 Å². The van der Waals surface area contributed by atoms with Gasteiger partial charge in [0.2, 0.25) is 6.79 Å². The Labute approximate surface area is 180 Å². The number of para-hydroxylation sites is 2. The number of hydrogen-bond acceptors (Lipinski definition) is 6. The summed E-state index contributed by atoms with van der Waals surface area (Å²) in [4.78, 5) is 22.5. The average Bonchev–Trinajstić information content (AvgIpc) is 3.41. The molecule has 0 N–H and O–H groups in total. The van der Waals surface area contributed by atoms with Crippen molar-refractivity contribution in [1.29, 1.82) is 0 Å². The molecule has 0 atom stereocenters. The number of hydrogen-bond donors (Lipinski definition) is 0. The molecule has 2 aliphatic heterocycles. The van der Waals surface area contributed by atoms with Gasteiger partial charge in [0.15, 0.2) is 11.5 Å². The lowest BCUT2D eigenvalue weighted by Crippen LogP contribution is -2.43. The van der Waals surface area contributed by atoms with Gasteiger partial charge in [-0.1, -0.05) is 12.1 Å². The predicted octanol–water partition coefficient (Wildman–Crippen LogP) is 2.28. The molecule has 0 radical (unpaired) electrons. The maximum absolute atomic E-state index is 13.5. The summed E-state index contributed by atoms with van der Waals surface area (Å²) in [5, 5.41) is 0. The maximum Gasteiger partial charge on any atom is 0.254 e. The Morgan fingerprint density at radius 3 is 2.74 bits per heavy atom. The van der Waals surface area contributed by atoms with Crippen LogP contribution >= 0.6 is 0 Å². The van der Waals surface area contributed by atoms with E-state index in [4.69, 9.17) is 19.2 Å². The van der Waals surface area contributed by atoms with E-state index in [2.05, 4.69) is 9.47 Å². The first-order valence-corrected chi connectivity index (χ1v) is 10.6. The summed E-state index contributed by atoms with van der Waals surface area (Å²) in [5.74, 6) is 2.10. The van der Waals surface area contributed by atoms with Crippen LogP contribution in [-0.2, 0) is 18.3 Å². The molecule has 0 saturated carbocycles. The van der Waals surface area contributed by atoms with E-state index < -0.39 is 0 Å². The molecule has 0 unspecified atom stereocenters. The fraction of sp³-hybridized carbons (Fsp3) is 0.391. The van der Waals surface area contributed by atoms with E-state index in [1.165, 1.54) is 0 Å². The Bertz CT molecular complexity index is 1090. The highest BCUT2D eigenvalue weighted by Gasteiger charge is 2.23. The van der Waals surface area contributed by atoms with Crippen molar-refractivity contribution in [2.24, 2.45) is 7.05 Å². The molecule has 31 heavy (non-hydrogen) atoms. The van der Waals surface area contributed by atoms with Crippen molar-refractivity contribution in [2.45, 2.75) is 6.54 Å². The standard InChI is InChI=1S/C23H26N4O4/c1-25-19-5-3-2-4-18(19)24-22(25)15-27(9-8-26-10-12-29-13-11-26)23(28)17-6-7-20-21(14-17)31-16-30-20/h2-7,14H,8-13,15-16H2,1H3. The normalized spacial score (nSPS) is 16.0. The van der Waals surface area contributed by atoms with Gasteiger partial charge in [0, 0.05) is 38.8 Å². The minimum Gasteiger partial charge on any atom is -0.454 e. The third-order valence-corrected chi connectivity index (χ3v) is 5.91. The molecule has 1 saturated heterocycles. The number of rotatable bonds is 6. The lowest BCUT2D eigenvalue weighted by Gasteiger charge is -2.30. The van der Waals surface area contributed by atoms with Crippen molar-refractivity contribution in [3.63, 3.8) is 0 Å². The summed E-state index contributed by atoms with van der Waals surface area (Å²) in [5.41, 5.74) is 2.58. The van der Waals surface area contributed by atoms with Crippen LogP contribution in [0.25, 0.3) is 11.0 Å². The highest BCUT2D eigenvalue weighted by atomic mass is 16.7. The largest absolute Gasteiger partial charge is 0.454 e. The summed E-state index contributed by atoms with van der Waals surface area (Å²) >= 11 is 0. The molecule has 1 fully saturated rings. The first-order chi connectivity index (χ1) is 15.2. The number of nitrogens with zero attached hydrogens (tertiary/aromatic N) is 4. The van der Waals surface area contributed by atoms with Crippen molar-refractivity contribution >= 4 is 16.9 Å². The third-order valence-electron chi connectivity index (χ3n) is 5.91. The second-order valence-corrected chi connectivity index (χ2v) is 7.82. The van der Waals surface area contributed by atoms with Gasteiger partial charge < -0.3 is 23.7 Å². The molecule has 0 bridgehead atoms. The Balaban J connectivity index is 1.40. The number of benzene rings is 2. The molecule has 2 aliphatic rings. The summed E-state index contributed by atoms with van der Waals surface area (Å²) in [7, 11) is 2.00. The molecule has 8 nitrogen and oxygen atoms in total. The van der Waals surface area contributed by atoms with Gasteiger partial charge in [-0.05, 0) is 30.3 Å². The van der Waals surface area contributed by atoms with E-state index in [0.717, 1.165) is 49.7 Å². The SMILES string of the molecule is Cn1c(CN(CCN2CCOCC2)C(=O)c2ccc3c(c2)OCO3)nc2ccccc21. The topological polar surface area (TPSA) is 69.1 Å². The Morgan fingerprint density at radius 2 is 1.90 bits per heavy atom. The van der Waals surface area contributed by atoms with Crippen molar-refractivity contribution in [3.05, 3.63) is 53.9 Å². The Morgan fingerprint density at radius 1 is 1.10 bits per heavy atom. The van der Waals surface area contributed by atoms with Gasteiger partial charge >= 0.3 is 0 Å². The molecule has 3 aromatic rings. The highest BCUT2D eigenvalue weighted by molar-refractivity contribution is 5.95. The zero-order valence-electron chi connectivity index (χ0n) is 17.6. The number of fused-ring (bicyclic) bond motifs is 2. The minimum absolute atomic E-state index is 0.0429. The predicted molar refractivity (Wildman–Crippen MR) is 115 cm³/mol. The van der Waals surface area contributed by atoms with Crippen LogP contribution in [0.15, 0.2) is 42.5 Å². The van der Waals surface area contributed by atoms with Crippen molar-refractivity contribution in [3.8, 4) is 11.5 Å². The first kappa shape index (κ1) is 19.8. The van der Waals surface area contributed by atoms with E-state index in [-0.39, 0.29) is 12.7 Å². The fourth-order valence-electron chi connectivity index (χ4n) is 4.06. The van der Waals surface area contributed by atoms with Gasteiger partial charge in [-0.2, -0.15) is 0 Å². The third kappa shape index (κ3) is 4.08. The lowest BCUT2D eigenvalue weighted by molar-refractivity contribution is 0.0318. The second-order valence-electron chi connectivity index (χ2n) is 7.82. The molecule has 1 amide bonds. The molecule has 1 aromatic heterocycles. The van der Waals surface area contributed by atoms with Gasteiger partial charge in [0.1, 0.15) is 5.82 Å². The number of imidazole rings is 1. The molecule has 8 heteroatoms. The smallest absolute Gasteiger partial charge is 0.254 e. The van der Waals surface area contributed by atoms with E-state index in [0.29, 0.717) is 30.2 Å². The van der Waals surface area contributed by atoms with Gasteiger partial charge in [-0.25, -0.2) is 4.98 Å². The van der Waals surface area contributed by atoms with Crippen LogP contribution in [0, 0.1) is 0 Å². The van der Waals surface area contributed by atoms with E-state index >= 15 is 0 Å². The van der Waals surface area contributed by atoms with Crippen LogP contribution in [0.3, 0.4) is 0 Å². The zero-order valence-corrected chi connectivity index (χ0v) is 17.6. The summed E-state index contributed by atoms with van der Waals surface area (Å²) in [6.45, 7) is 5.27. The molecule has 0 spiro atoms. The molecular formula is C23H26N4O4. The lowest BCUT2D eigenvalue weighted by atomic mass is 10.1. The molecule has 2 aromatic carbocycles. The first-order valence-electron chi connectivity index (χ1n) is 10.6. The van der Waals surface area contributed by atoms with E-state index in [9.17, 15) is 4.79 Å². The quantitative estimate of drug-likeness (QED) is 0.607. The maximum atomic E-state index is 13.5. The van der Waals surface area contributed by atoms with Crippen molar-refractivity contribution in [2.75, 3.05) is 46.2 Å². The summed E-state index contributed by atoms with van der Waals surface area (Å²) in [6, 6.07) is 13.4. The monoisotopic (exact) mass is 422 g/mol. The molecule has 3 heterocycles. The minimum atomic E-state index is -0.0429.